The van der Waals surface area contributed by atoms with E-state index in [-0.39, 0.29) is 5.82 Å². The Kier molecular flexibility index (Phi) is 6.92. The number of halogens is 1. The molecule has 0 aliphatic heterocycles. The summed E-state index contributed by atoms with van der Waals surface area (Å²) in [6.45, 7) is 2.24. The zero-order valence-corrected chi connectivity index (χ0v) is 16.3. The lowest BCUT2D eigenvalue weighted by Crippen LogP contribution is -2.21. The van der Waals surface area contributed by atoms with Crippen molar-refractivity contribution in [3.05, 3.63) is 72.0 Å². The zero-order valence-electron chi connectivity index (χ0n) is 16.3. The Bertz CT molecular complexity index is 883. The molecule has 2 N–H and O–H groups in total. The number of rotatable bonds is 9. The average molecular weight is 379 g/mol. The summed E-state index contributed by atoms with van der Waals surface area (Å²) >= 11 is 0. The first-order chi connectivity index (χ1) is 13.6. The molecule has 0 radical (unpaired) electrons. The lowest BCUT2D eigenvalue weighted by molar-refractivity contribution is 0.425. The molecule has 0 aliphatic rings. The summed E-state index contributed by atoms with van der Waals surface area (Å²) in [5.74, 6) is 1.11. The van der Waals surface area contributed by atoms with E-state index in [1.807, 2.05) is 56.6 Å². The summed E-state index contributed by atoms with van der Waals surface area (Å²) in [5.41, 5.74) is 2.55. The van der Waals surface area contributed by atoms with E-state index in [2.05, 4.69) is 25.5 Å². The van der Waals surface area contributed by atoms with Gasteiger partial charge >= 0.3 is 0 Å². The highest BCUT2D eigenvalue weighted by atomic mass is 19.1. The second-order valence-corrected chi connectivity index (χ2v) is 6.83. The fourth-order valence-corrected chi connectivity index (χ4v) is 2.79. The monoisotopic (exact) mass is 379 g/mol. The Balaban J connectivity index is 1.73. The first-order valence-corrected chi connectivity index (χ1v) is 9.42. The Labute approximate surface area is 165 Å². The SMILES string of the molecule is CN(C)CCNc1cc(-c2ccccc2)nc(NCCc2ccccc2F)n1. The Morgan fingerprint density at radius 3 is 2.39 bits per heavy atom. The van der Waals surface area contributed by atoms with Gasteiger partial charge in [0, 0.05) is 31.3 Å². The van der Waals surface area contributed by atoms with Crippen molar-refractivity contribution < 1.29 is 4.39 Å². The largest absolute Gasteiger partial charge is 0.369 e. The third-order valence-electron chi connectivity index (χ3n) is 4.30. The minimum Gasteiger partial charge on any atom is -0.369 e. The second kappa shape index (κ2) is 9.80. The van der Waals surface area contributed by atoms with E-state index in [4.69, 9.17) is 0 Å². The number of likely N-dealkylation sites (N-methyl/N-ethyl adjacent to an activating group) is 1. The van der Waals surface area contributed by atoms with Gasteiger partial charge in [0.05, 0.1) is 5.69 Å². The molecule has 6 heteroatoms. The third kappa shape index (κ3) is 5.76. The molecule has 0 aliphatic carbocycles. The predicted molar refractivity (Wildman–Crippen MR) is 113 cm³/mol. The van der Waals surface area contributed by atoms with Gasteiger partial charge in [0.1, 0.15) is 11.6 Å². The van der Waals surface area contributed by atoms with Crippen molar-refractivity contribution in [2.45, 2.75) is 6.42 Å². The fraction of sp³-hybridized carbons (Fsp3) is 0.273. The van der Waals surface area contributed by atoms with Gasteiger partial charge in [-0.05, 0) is 32.1 Å². The van der Waals surface area contributed by atoms with Crippen LogP contribution in [0.25, 0.3) is 11.3 Å². The molecule has 2 aromatic carbocycles. The van der Waals surface area contributed by atoms with Crippen molar-refractivity contribution in [2.24, 2.45) is 0 Å². The van der Waals surface area contributed by atoms with Gasteiger partial charge in [-0.15, -0.1) is 0 Å². The summed E-state index contributed by atoms with van der Waals surface area (Å²) in [7, 11) is 4.07. The number of nitrogens with zero attached hydrogens (tertiary/aromatic N) is 3. The molecule has 3 aromatic rings. The van der Waals surface area contributed by atoms with E-state index in [1.165, 1.54) is 6.07 Å². The lowest BCUT2D eigenvalue weighted by Gasteiger charge is -2.13. The van der Waals surface area contributed by atoms with Crippen molar-refractivity contribution in [2.75, 3.05) is 44.4 Å². The van der Waals surface area contributed by atoms with E-state index >= 15 is 0 Å². The lowest BCUT2D eigenvalue weighted by atomic mass is 10.1. The van der Waals surface area contributed by atoms with E-state index in [0.717, 1.165) is 30.2 Å². The molecule has 3 rings (SSSR count). The summed E-state index contributed by atoms with van der Waals surface area (Å²) in [5, 5.41) is 6.58. The van der Waals surface area contributed by atoms with E-state index in [1.54, 1.807) is 12.1 Å². The van der Waals surface area contributed by atoms with Gasteiger partial charge in [-0.2, -0.15) is 4.98 Å². The molecule has 0 saturated heterocycles. The number of nitrogens with one attached hydrogen (secondary N) is 2. The van der Waals surface area contributed by atoms with Crippen LogP contribution in [0.3, 0.4) is 0 Å². The van der Waals surface area contributed by atoms with Gasteiger partial charge in [0.2, 0.25) is 5.95 Å². The van der Waals surface area contributed by atoms with Crippen LogP contribution in [-0.4, -0.2) is 48.6 Å². The summed E-state index contributed by atoms with van der Waals surface area (Å²) in [4.78, 5) is 11.3. The predicted octanol–water partition coefficient (Wildman–Crippen LogP) is 3.91. The van der Waals surface area contributed by atoms with E-state index in [9.17, 15) is 4.39 Å². The van der Waals surface area contributed by atoms with Crippen LogP contribution in [0.4, 0.5) is 16.2 Å². The average Bonchev–Trinajstić information content (AvgIpc) is 2.70. The van der Waals surface area contributed by atoms with Crippen LogP contribution in [-0.2, 0) is 6.42 Å². The highest BCUT2D eigenvalue weighted by molar-refractivity contribution is 5.64. The molecule has 0 saturated carbocycles. The Morgan fingerprint density at radius 2 is 1.64 bits per heavy atom. The van der Waals surface area contributed by atoms with E-state index < -0.39 is 0 Å². The normalized spacial score (nSPS) is 10.9. The van der Waals surface area contributed by atoms with Crippen LogP contribution in [0.1, 0.15) is 5.56 Å². The smallest absolute Gasteiger partial charge is 0.225 e. The Hall–Kier alpha value is -2.99. The number of anilines is 2. The zero-order chi connectivity index (χ0) is 19.8. The Morgan fingerprint density at radius 1 is 0.893 bits per heavy atom. The molecule has 0 unspecified atom stereocenters. The number of aromatic nitrogens is 2. The van der Waals surface area contributed by atoms with Crippen LogP contribution in [0.15, 0.2) is 60.7 Å². The maximum Gasteiger partial charge on any atom is 0.225 e. The molecular formula is C22H26FN5. The third-order valence-corrected chi connectivity index (χ3v) is 4.30. The molecule has 146 valence electrons. The molecule has 0 amide bonds. The van der Waals surface area contributed by atoms with Gasteiger partial charge in [-0.3, -0.25) is 0 Å². The minimum atomic E-state index is -0.186. The molecule has 5 nitrogen and oxygen atoms in total. The van der Waals surface area contributed by atoms with Crippen molar-refractivity contribution in [3.63, 3.8) is 0 Å². The molecular weight excluding hydrogens is 353 g/mol. The molecule has 1 heterocycles. The molecule has 0 atom stereocenters. The van der Waals surface area contributed by atoms with Crippen LogP contribution in [0, 0.1) is 5.82 Å². The van der Waals surface area contributed by atoms with E-state index in [0.29, 0.717) is 24.5 Å². The molecule has 1 aromatic heterocycles. The topological polar surface area (TPSA) is 53.1 Å². The van der Waals surface area contributed by atoms with Crippen molar-refractivity contribution in [1.82, 2.24) is 14.9 Å². The highest BCUT2D eigenvalue weighted by Gasteiger charge is 2.07. The number of hydrogen-bond acceptors (Lipinski definition) is 5. The number of benzene rings is 2. The maximum atomic E-state index is 13.8. The van der Waals surface area contributed by atoms with Gasteiger partial charge in [-0.1, -0.05) is 48.5 Å². The van der Waals surface area contributed by atoms with Gasteiger partial charge in [-0.25, -0.2) is 9.37 Å². The molecule has 0 bridgehead atoms. The first kappa shape index (κ1) is 19.8. The fourth-order valence-electron chi connectivity index (χ4n) is 2.79. The van der Waals surface area contributed by atoms with Gasteiger partial charge < -0.3 is 15.5 Å². The quantitative estimate of drug-likeness (QED) is 0.590. The van der Waals surface area contributed by atoms with Crippen molar-refractivity contribution in [3.8, 4) is 11.3 Å². The first-order valence-electron chi connectivity index (χ1n) is 9.42. The maximum absolute atomic E-state index is 13.8. The van der Waals surface area contributed by atoms with Crippen LogP contribution in [0.2, 0.25) is 0 Å². The number of hydrogen-bond donors (Lipinski definition) is 2. The summed E-state index contributed by atoms with van der Waals surface area (Å²) < 4.78 is 13.8. The van der Waals surface area contributed by atoms with Gasteiger partial charge in [0.15, 0.2) is 0 Å². The van der Waals surface area contributed by atoms with Crippen LogP contribution >= 0.6 is 0 Å². The molecule has 0 spiro atoms. The van der Waals surface area contributed by atoms with Crippen molar-refractivity contribution in [1.29, 1.82) is 0 Å². The van der Waals surface area contributed by atoms with Crippen LogP contribution < -0.4 is 10.6 Å². The summed E-state index contributed by atoms with van der Waals surface area (Å²) in [6, 6.07) is 18.8. The highest BCUT2D eigenvalue weighted by Crippen LogP contribution is 2.21. The standard InChI is InChI=1S/C22H26FN5/c1-28(2)15-14-24-21-16-20(18-9-4-3-5-10-18)26-22(27-21)25-13-12-17-8-6-7-11-19(17)23/h3-11,16H,12-15H2,1-2H3,(H2,24,25,26,27). The van der Waals surface area contributed by atoms with Crippen LogP contribution in [0.5, 0.6) is 0 Å². The second-order valence-electron chi connectivity index (χ2n) is 6.83. The van der Waals surface area contributed by atoms with Crippen molar-refractivity contribution >= 4 is 11.8 Å². The molecule has 0 fully saturated rings. The molecule has 28 heavy (non-hydrogen) atoms. The summed E-state index contributed by atoms with van der Waals surface area (Å²) in [6.07, 6.45) is 0.564. The van der Waals surface area contributed by atoms with Gasteiger partial charge in [0.25, 0.3) is 0 Å². The minimum absolute atomic E-state index is 0.186.